The maximum absolute atomic E-state index is 2.58. The van der Waals surface area contributed by atoms with E-state index >= 15 is 0 Å². The average Bonchev–Trinajstić information content (AvgIpc) is 4.05. The Morgan fingerprint density at radius 3 is 1.41 bits per heavy atom. The molecule has 0 N–H and O–H groups in total. The van der Waals surface area contributed by atoms with Crippen LogP contribution in [0.5, 0.6) is 0 Å². The van der Waals surface area contributed by atoms with Crippen molar-refractivity contribution in [2.45, 2.75) is 17.8 Å². The van der Waals surface area contributed by atoms with E-state index in [2.05, 4.69) is 271 Å². The molecule has 2 aliphatic carbocycles. The predicted octanol–water partition coefficient (Wildman–Crippen LogP) is 17.5. The van der Waals surface area contributed by atoms with Crippen molar-refractivity contribution >= 4 is 21.8 Å². The van der Waals surface area contributed by atoms with Crippen molar-refractivity contribution in [3.05, 3.63) is 306 Å². The van der Waals surface area contributed by atoms with Gasteiger partial charge in [0.15, 0.2) is 0 Å². The minimum absolute atomic E-state index is 0.129. The van der Waals surface area contributed by atoms with Crippen LogP contribution in [0.2, 0.25) is 0 Å². The predicted molar refractivity (Wildman–Crippen MR) is 292 cm³/mol. The van der Waals surface area contributed by atoms with Crippen LogP contribution in [0.1, 0.15) is 44.9 Å². The van der Waals surface area contributed by atoms with Crippen LogP contribution in [0.25, 0.3) is 83.1 Å². The van der Waals surface area contributed by atoms with E-state index in [0.717, 1.165) is 6.42 Å². The van der Waals surface area contributed by atoms with Crippen LogP contribution < -0.4 is 0 Å². The van der Waals surface area contributed by atoms with Crippen LogP contribution in [0.15, 0.2) is 267 Å². The molecule has 1 aromatic heterocycles. The van der Waals surface area contributed by atoms with Crippen LogP contribution in [-0.4, -0.2) is 4.57 Å². The second-order valence-corrected chi connectivity index (χ2v) is 19.1. The highest BCUT2D eigenvalue weighted by atomic mass is 15.0. The molecule has 328 valence electrons. The number of benzene rings is 11. The third-order valence-corrected chi connectivity index (χ3v) is 15.5. The highest BCUT2D eigenvalue weighted by Gasteiger charge is 2.52. The molecular formula is C69H47N. The second kappa shape index (κ2) is 16.2. The zero-order valence-electron chi connectivity index (χ0n) is 38.6. The van der Waals surface area contributed by atoms with Crippen molar-refractivity contribution in [2.24, 2.45) is 0 Å². The van der Waals surface area contributed by atoms with E-state index in [0.29, 0.717) is 0 Å². The van der Waals surface area contributed by atoms with Gasteiger partial charge in [-0.2, -0.15) is 0 Å². The first-order valence-electron chi connectivity index (χ1n) is 24.6. The molecule has 1 heterocycles. The Labute approximate surface area is 409 Å². The summed E-state index contributed by atoms with van der Waals surface area (Å²) in [7, 11) is 0. The molecule has 1 nitrogen and oxygen atoms in total. The molecule has 14 rings (SSSR count). The molecule has 0 atom stereocenters. The smallest absolute Gasteiger partial charge is 0.0726 e. The summed E-state index contributed by atoms with van der Waals surface area (Å²) in [4.78, 5) is 0. The van der Waals surface area contributed by atoms with Gasteiger partial charge < -0.3 is 4.57 Å². The van der Waals surface area contributed by atoms with Crippen molar-refractivity contribution in [3.63, 3.8) is 0 Å². The SMILES string of the molecule is c1ccc(-c2ccc(C(Cc3ccc4c(c3)C3(c5ccccc5-c5ccccc53)c3cccc(-n5c6ccccc6c6cc(-c7ccccc7)ccc65)c3-4)c3ccc(-c4ccccc4)cc3)cc2)cc1. The number of rotatable bonds is 8. The topological polar surface area (TPSA) is 4.93 Å². The number of hydrogen-bond donors (Lipinski definition) is 0. The van der Waals surface area contributed by atoms with E-state index in [1.54, 1.807) is 0 Å². The lowest BCUT2D eigenvalue weighted by molar-refractivity contribution is 0.777. The molecule has 0 saturated carbocycles. The first-order chi connectivity index (χ1) is 34.7. The summed E-state index contributed by atoms with van der Waals surface area (Å²) >= 11 is 0. The summed E-state index contributed by atoms with van der Waals surface area (Å²) in [6.07, 6.45) is 0.849. The van der Waals surface area contributed by atoms with E-state index in [9.17, 15) is 0 Å². The Hall–Kier alpha value is -8.78. The van der Waals surface area contributed by atoms with Gasteiger partial charge in [0.1, 0.15) is 0 Å². The molecule has 70 heavy (non-hydrogen) atoms. The van der Waals surface area contributed by atoms with Crippen molar-refractivity contribution in [3.8, 4) is 61.3 Å². The van der Waals surface area contributed by atoms with Crippen molar-refractivity contribution in [1.29, 1.82) is 0 Å². The maximum atomic E-state index is 2.58. The lowest BCUT2D eigenvalue weighted by atomic mass is 9.70. The summed E-state index contributed by atoms with van der Waals surface area (Å²) in [5.41, 5.74) is 25.1. The van der Waals surface area contributed by atoms with Gasteiger partial charge in [0, 0.05) is 22.3 Å². The zero-order chi connectivity index (χ0) is 46.2. The maximum Gasteiger partial charge on any atom is 0.0726 e. The Morgan fingerprint density at radius 2 is 0.800 bits per heavy atom. The molecule has 0 amide bonds. The third kappa shape index (κ3) is 6.18. The molecule has 0 bridgehead atoms. The average molecular weight is 890 g/mol. The largest absolute Gasteiger partial charge is 0.309 e. The summed E-state index contributed by atoms with van der Waals surface area (Å²) in [5, 5.41) is 2.52. The van der Waals surface area contributed by atoms with E-state index in [4.69, 9.17) is 0 Å². The zero-order valence-corrected chi connectivity index (χ0v) is 38.6. The van der Waals surface area contributed by atoms with Crippen LogP contribution in [0.4, 0.5) is 0 Å². The number of aromatic nitrogens is 1. The lowest BCUT2D eigenvalue weighted by Crippen LogP contribution is -2.26. The molecule has 12 aromatic rings. The van der Waals surface area contributed by atoms with Gasteiger partial charge in [-0.3, -0.25) is 0 Å². The van der Waals surface area contributed by atoms with Gasteiger partial charge in [-0.1, -0.05) is 243 Å². The Balaban J connectivity index is 0.970. The fourth-order valence-corrected chi connectivity index (χ4v) is 12.3. The number of para-hydroxylation sites is 1. The third-order valence-electron chi connectivity index (χ3n) is 15.5. The lowest BCUT2D eigenvalue weighted by Gasteiger charge is -2.31. The minimum Gasteiger partial charge on any atom is -0.309 e. The Bertz CT molecular complexity index is 3810. The van der Waals surface area contributed by atoms with Crippen LogP contribution >= 0.6 is 0 Å². The minimum atomic E-state index is -0.507. The van der Waals surface area contributed by atoms with E-state index < -0.39 is 5.41 Å². The Morgan fingerprint density at radius 1 is 0.314 bits per heavy atom. The van der Waals surface area contributed by atoms with E-state index in [-0.39, 0.29) is 5.92 Å². The summed E-state index contributed by atoms with van der Waals surface area (Å²) in [6, 6.07) is 99.7. The summed E-state index contributed by atoms with van der Waals surface area (Å²) < 4.78 is 2.54. The van der Waals surface area contributed by atoms with Crippen LogP contribution in [0.3, 0.4) is 0 Å². The monoisotopic (exact) mass is 889 g/mol. The molecule has 0 fully saturated rings. The molecule has 0 aliphatic heterocycles. The fourth-order valence-electron chi connectivity index (χ4n) is 12.3. The molecular weight excluding hydrogens is 843 g/mol. The van der Waals surface area contributed by atoms with E-state index in [1.807, 2.05) is 0 Å². The van der Waals surface area contributed by atoms with Crippen molar-refractivity contribution in [1.82, 2.24) is 4.57 Å². The van der Waals surface area contributed by atoms with Gasteiger partial charge >= 0.3 is 0 Å². The first kappa shape index (κ1) is 40.3. The highest BCUT2D eigenvalue weighted by Crippen LogP contribution is 2.64. The normalized spacial score (nSPS) is 12.9. The molecule has 0 unspecified atom stereocenters. The second-order valence-electron chi connectivity index (χ2n) is 19.1. The molecule has 0 saturated heterocycles. The number of fused-ring (bicyclic) bond motifs is 13. The van der Waals surface area contributed by atoms with Gasteiger partial charge in [0.2, 0.25) is 0 Å². The van der Waals surface area contributed by atoms with Gasteiger partial charge in [-0.15, -0.1) is 0 Å². The Kier molecular flexibility index (Phi) is 9.32. The van der Waals surface area contributed by atoms with Gasteiger partial charge in [-0.25, -0.2) is 0 Å². The molecule has 2 aliphatic rings. The van der Waals surface area contributed by atoms with Gasteiger partial charge in [-0.05, 0) is 120 Å². The van der Waals surface area contributed by atoms with Gasteiger partial charge in [0.05, 0.1) is 22.1 Å². The first-order valence-corrected chi connectivity index (χ1v) is 24.6. The van der Waals surface area contributed by atoms with Crippen LogP contribution in [0, 0.1) is 0 Å². The van der Waals surface area contributed by atoms with Crippen molar-refractivity contribution in [2.75, 3.05) is 0 Å². The van der Waals surface area contributed by atoms with Crippen LogP contribution in [-0.2, 0) is 11.8 Å². The van der Waals surface area contributed by atoms with Crippen molar-refractivity contribution < 1.29 is 0 Å². The van der Waals surface area contributed by atoms with E-state index in [1.165, 1.54) is 122 Å². The highest BCUT2D eigenvalue weighted by molar-refractivity contribution is 6.11. The number of hydrogen-bond acceptors (Lipinski definition) is 0. The quantitative estimate of drug-likeness (QED) is 0.143. The molecule has 11 aromatic carbocycles. The summed E-state index contributed by atoms with van der Waals surface area (Å²) in [6.45, 7) is 0. The molecule has 0 radical (unpaired) electrons. The standard InChI is InChI=1S/C69H47N/c1-4-17-47(18-5-1)50-32-36-52(37-33-50)59(53-38-34-51(35-39-53)48-19-6-2-7-20-48)43-46-31-41-58-64(44-46)69(61-26-13-10-23-55(61)56-24-11-14-27-62(56)69)63-28-16-30-67(68(58)63)70-65-29-15-12-25-57(65)60-45-54(40-42-66(60)70)49-21-8-3-9-22-49/h1-42,44-45,59H,43H2. The number of nitrogens with zero attached hydrogens (tertiary/aromatic N) is 1. The summed E-state index contributed by atoms with van der Waals surface area (Å²) in [5.74, 6) is 0.129. The van der Waals surface area contributed by atoms with Gasteiger partial charge in [0.25, 0.3) is 0 Å². The molecule has 1 spiro atoms. The molecule has 1 heteroatoms. The fraction of sp³-hybridized carbons (Fsp3) is 0.0435.